The molecule has 3 aromatic rings. The smallest absolute Gasteiger partial charge is 0.335 e. The van der Waals surface area contributed by atoms with Gasteiger partial charge >= 0.3 is 23.9 Å². The summed E-state index contributed by atoms with van der Waals surface area (Å²) in [6, 6.07) is 15.6. The zero-order chi connectivity index (χ0) is 29.1. The summed E-state index contributed by atoms with van der Waals surface area (Å²) in [4.78, 5) is 47.2. The van der Waals surface area contributed by atoms with Crippen LogP contribution in [-0.2, 0) is 19.2 Å². The number of ether oxygens (including phenoxy) is 4. The van der Waals surface area contributed by atoms with E-state index < -0.39 is 23.9 Å². The van der Waals surface area contributed by atoms with Crippen LogP contribution in [0.4, 0.5) is 0 Å². The first-order valence-electron chi connectivity index (χ1n) is 11.5. The van der Waals surface area contributed by atoms with Gasteiger partial charge in [-0.3, -0.25) is 0 Å². The van der Waals surface area contributed by atoms with Crippen molar-refractivity contribution < 1.29 is 38.1 Å². The molecule has 0 aromatic heterocycles. The SMILES string of the molecule is C=CC(=O)Oc1ccc(C#Cc2cc(OC(=O)C=C)c(-c3ccc(OC(=O)C=C)cc3)c(OC(=O)C=C)c2)cc1. The van der Waals surface area contributed by atoms with Crippen LogP contribution in [0.2, 0.25) is 0 Å². The van der Waals surface area contributed by atoms with E-state index in [0.29, 0.717) is 22.4 Å². The average Bonchev–Trinajstić information content (AvgIpc) is 2.97. The summed E-state index contributed by atoms with van der Waals surface area (Å²) in [5.41, 5.74) is 1.66. The van der Waals surface area contributed by atoms with Crippen LogP contribution < -0.4 is 18.9 Å². The number of esters is 4. The fourth-order valence-corrected chi connectivity index (χ4v) is 3.16. The molecule has 3 rings (SSSR count). The molecule has 40 heavy (non-hydrogen) atoms. The summed E-state index contributed by atoms with van der Waals surface area (Å²) in [6.07, 6.45) is 4.04. The van der Waals surface area contributed by atoms with Crippen molar-refractivity contribution >= 4 is 23.9 Å². The highest BCUT2D eigenvalue weighted by Gasteiger charge is 2.19. The second-order valence-electron chi connectivity index (χ2n) is 7.65. The largest absolute Gasteiger partial charge is 0.423 e. The summed E-state index contributed by atoms with van der Waals surface area (Å²) < 4.78 is 21.1. The highest BCUT2D eigenvalue weighted by atomic mass is 16.6. The zero-order valence-corrected chi connectivity index (χ0v) is 21.2. The molecule has 0 amide bonds. The van der Waals surface area contributed by atoms with E-state index in [9.17, 15) is 19.2 Å². The van der Waals surface area contributed by atoms with Crippen molar-refractivity contribution in [2.24, 2.45) is 0 Å². The van der Waals surface area contributed by atoms with Crippen LogP contribution in [0.25, 0.3) is 11.1 Å². The summed E-state index contributed by atoms with van der Waals surface area (Å²) in [7, 11) is 0. The second-order valence-corrected chi connectivity index (χ2v) is 7.65. The first-order chi connectivity index (χ1) is 19.3. The third-order valence-electron chi connectivity index (χ3n) is 4.94. The van der Waals surface area contributed by atoms with Gasteiger partial charge in [-0.15, -0.1) is 0 Å². The maximum Gasteiger partial charge on any atom is 0.335 e. The van der Waals surface area contributed by atoms with Gasteiger partial charge in [0.1, 0.15) is 23.0 Å². The molecule has 0 N–H and O–H groups in total. The van der Waals surface area contributed by atoms with Crippen LogP contribution in [0.5, 0.6) is 23.0 Å². The van der Waals surface area contributed by atoms with Crippen molar-refractivity contribution in [1.82, 2.24) is 0 Å². The Morgan fingerprint density at radius 3 is 1.32 bits per heavy atom. The number of carbonyl (C=O) groups excluding carboxylic acids is 4. The first-order valence-corrected chi connectivity index (χ1v) is 11.5. The normalized spacial score (nSPS) is 9.60. The van der Waals surface area contributed by atoms with Gasteiger partial charge in [0.15, 0.2) is 0 Å². The summed E-state index contributed by atoms with van der Waals surface area (Å²) >= 11 is 0. The quantitative estimate of drug-likeness (QED) is 0.161. The molecule has 0 heterocycles. The predicted molar refractivity (Wildman–Crippen MR) is 148 cm³/mol. The van der Waals surface area contributed by atoms with Crippen molar-refractivity contribution in [3.8, 4) is 46.0 Å². The molecule has 0 saturated heterocycles. The Morgan fingerprint density at radius 2 is 0.900 bits per heavy atom. The van der Waals surface area contributed by atoms with E-state index >= 15 is 0 Å². The number of hydrogen-bond acceptors (Lipinski definition) is 8. The van der Waals surface area contributed by atoms with Gasteiger partial charge in [0, 0.05) is 35.4 Å². The molecule has 0 aliphatic heterocycles. The monoisotopic (exact) mass is 534 g/mol. The maximum absolute atomic E-state index is 12.2. The molecule has 0 saturated carbocycles. The third kappa shape index (κ3) is 7.78. The average molecular weight is 535 g/mol. The van der Waals surface area contributed by atoms with Crippen LogP contribution in [0, 0.1) is 11.8 Å². The molecule has 0 aliphatic rings. The van der Waals surface area contributed by atoms with Crippen LogP contribution >= 0.6 is 0 Å². The van der Waals surface area contributed by atoms with Gasteiger partial charge in [0.2, 0.25) is 0 Å². The number of carbonyl (C=O) groups is 4. The topological polar surface area (TPSA) is 105 Å². The van der Waals surface area contributed by atoms with Crippen LogP contribution in [0.15, 0.2) is 111 Å². The fraction of sp³-hybridized carbons (Fsp3) is 0. The van der Waals surface area contributed by atoms with Crippen LogP contribution in [0.3, 0.4) is 0 Å². The predicted octanol–water partition coefficient (Wildman–Crippen LogP) is 5.12. The van der Waals surface area contributed by atoms with Gasteiger partial charge in [0.25, 0.3) is 0 Å². The number of benzene rings is 3. The van der Waals surface area contributed by atoms with Crippen molar-refractivity contribution in [2.45, 2.75) is 0 Å². The third-order valence-corrected chi connectivity index (χ3v) is 4.94. The summed E-state index contributed by atoms with van der Waals surface area (Å²) in [5.74, 6) is 3.78. The Morgan fingerprint density at radius 1 is 0.525 bits per heavy atom. The van der Waals surface area contributed by atoms with Gasteiger partial charge in [-0.25, -0.2) is 19.2 Å². The minimum Gasteiger partial charge on any atom is -0.423 e. The van der Waals surface area contributed by atoms with E-state index in [1.54, 1.807) is 36.4 Å². The van der Waals surface area contributed by atoms with E-state index in [1.807, 2.05) is 0 Å². The molecule has 0 radical (unpaired) electrons. The van der Waals surface area contributed by atoms with E-state index in [-0.39, 0.29) is 22.8 Å². The lowest BCUT2D eigenvalue weighted by atomic mass is 10.0. The lowest BCUT2D eigenvalue weighted by Gasteiger charge is -2.15. The molecule has 0 spiro atoms. The van der Waals surface area contributed by atoms with Crippen molar-refractivity contribution in [2.75, 3.05) is 0 Å². The van der Waals surface area contributed by atoms with Crippen LogP contribution in [-0.4, -0.2) is 23.9 Å². The maximum atomic E-state index is 12.2. The van der Waals surface area contributed by atoms with E-state index in [4.69, 9.17) is 18.9 Å². The molecule has 198 valence electrons. The Kier molecular flexibility index (Phi) is 9.70. The Bertz CT molecular complexity index is 1520. The molecule has 0 unspecified atom stereocenters. The highest BCUT2D eigenvalue weighted by molar-refractivity contribution is 5.90. The molecular weight excluding hydrogens is 512 g/mol. The molecule has 8 heteroatoms. The Labute approximate surface area is 230 Å². The number of rotatable bonds is 9. The zero-order valence-electron chi connectivity index (χ0n) is 21.2. The van der Waals surface area contributed by atoms with Gasteiger partial charge in [-0.2, -0.15) is 0 Å². The van der Waals surface area contributed by atoms with Crippen molar-refractivity contribution in [3.63, 3.8) is 0 Å². The Balaban J connectivity index is 2.08. The lowest BCUT2D eigenvalue weighted by Crippen LogP contribution is -2.08. The Hall–Kier alpha value is -5.94. The molecule has 0 bridgehead atoms. The highest BCUT2D eigenvalue weighted by Crippen LogP contribution is 2.40. The number of hydrogen-bond donors (Lipinski definition) is 0. The molecular formula is C32H22O8. The second kappa shape index (κ2) is 13.6. The summed E-state index contributed by atoms with van der Waals surface area (Å²) in [6.45, 7) is 13.6. The summed E-state index contributed by atoms with van der Waals surface area (Å²) in [5, 5.41) is 0. The molecule has 0 fully saturated rings. The van der Waals surface area contributed by atoms with E-state index in [2.05, 4.69) is 38.2 Å². The molecule has 0 atom stereocenters. The van der Waals surface area contributed by atoms with Crippen LogP contribution in [0.1, 0.15) is 11.1 Å². The van der Waals surface area contributed by atoms with Gasteiger partial charge in [-0.05, 0) is 54.1 Å². The molecule has 3 aromatic carbocycles. The minimum atomic E-state index is -0.756. The fourth-order valence-electron chi connectivity index (χ4n) is 3.16. The van der Waals surface area contributed by atoms with E-state index in [0.717, 1.165) is 24.3 Å². The molecule has 8 nitrogen and oxygen atoms in total. The van der Waals surface area contributed by atoms with Crippen molar-refractivity contribution in [3.05, 3.63) is 122 Å². The van der Waals surface area contributed by atoms with Gasteiger partial charge in [-0.1, -0.05) is 50.3 Å². The van der Waals surface area contributed by atoms with Gasteiger partial charge < -0.3 is 18.9 Å². The standard InChI is InChI=1S/C32H22O8/c1-5-28(33)37-24-15-11-21(12-16-24)9-10-22-19-26(39-30(35)7-3)32(27(20-22)40-31(36)8-4)23-13-17-25(18-14-23)38-29(34)6-2/h5-8,11-20H,1-4H2. The van der Waals surface area contributed by atoms with Gasteiger partial charge in [0.05, 0.1) is 5.56 Å². The minimum absolute atomic E-state index is 0.0334. The first kappa shape index (κ1) is 28.6. The van der Waals surface area contributed by atoms with E-state index in [1.165, 1.54) is 24.3 Å². The molecule has 0 aliphatic carbocycles. The lowest BCUT2D eigenvalue weighted by molar-refractivity contribution is -0.130. The van der Waals surface area contributed by atoms with Crippen molar-refractivity contribution in [1.29, 1.82) is 0 Å².